The van der Waals surface area contributed by atoms with Crippen molar-refractivity contribution in [2.45, 2.75) is 11.4 Å². The molecule has 0 aliphatic heterocycles. The number of nitrogens with zero attached hydrogens (tertiary/aromatic N) is 1. The molecular formula is C11H15NO2S. The summed E-state index contributed by atoms with van der Waals surface area (Å²) < 4.78 is 0. The van der Waals surface area contributed by atoms with E-state index in [1.54, 1.807) is 18.8 Å². The van der Waals surface area contributed by atoms with Crippen LogP contribution in [0, 0.1) is 0 Å². The van der Waals surface area contributed by atoms with E-state index in [9.17, 15) is 4.79 Å². The van der Waals surface area contributed by atoms with Crippen molar-refractivity contribution >= 4 is 17.7 Å². The Morgan fingerprint density at radius 2 is 2.00 bits per heavy atom. The molecule has 1 aromatic rings. The van der Waals surface area contributed by atoms with E-state index in [-0.39, 0.29) is 5.91 Å². The Morgan fingerprint density at radius 3 is 2.47 bits per heavy atom. The van der Waals surface area contributed by atoms with E-state index in [4.69, 9.17) is 5.11 Å². The molecule has 0 aliphatic rings. The summed E-state index contributed by atoms with van der Waals surface area (Å²) in [6.07, 6.45) is 2.02. The van der Waals surface area contributed by atoms with Gasteiger partial charge in [-0.1, -0.05) is 12.1 Å². The SMILES string of the molecule is CSc1ccc(CN(C)C(=O)CO)cc1. The van der Waals surface area contributed by atoms with Crippen molar-refractivity contribution in [3.8, 4) is 0 Å². The van der Waals surface area contributed by atoms with Gasteiger partial charge in [-0.15, -0.1) is 11.8 Å². The summed E-state index contributed by atoms with van der Waals surface area (Å²) in [5, 5.41) is 8.67. The number of hydrogen-bond acceptors (Lipinski definition) is 3. The lowest BCUT2D eigenvalue weighted by Gasteiger charge is -2.15. The molecule has 0 spiro atoms. The van der Waals surface area contributed by atoms with Gasteiger partial charge in [-0.2, -0.15) is 0 Å². The number of thioether (sulfide) groups is 1. The summed E-state index contributed by atoms with van der Waals surface area (Å²) in [6.45, 7) is 0.105. The zero-order valence-corrected chi connectivity index (χ0v) is 9.75. The molecule has 0 aliphatic carbocycles. The Labute approximate surface area is 94.1 Å². The van der Waals surface area contributed by atoms with Crippen molar-refractivity contribution in [2.75, 3.05) is 19.9 Å². The van der Waals surface area contributed by atoms with Gasteiger partial charge >= 0.3 is 0 Å². The minimum atomic E-state index is -0.431. The second-order valence-electron chi connectivity index (χ2n) is 3.26. The van der Waals surface area contributed by atoms with Gasteiger partial charge in [0.05, 0.1) is 0 Å². The molecule has 4 heteroatoms. The van der Waals surface area contributed by atoms with Gasteiger partial charge < -0.3 is 10.0 Å². The Hall–Kier alpha value is -1.00. The Kier molecular flexibility index (Phi) is 4.65. The predicted octanol–water partition coefficient (Wildman–Crippen LogP) is 1.36. The maximum Gasteiger partial charge on any atom is 0.248 e. The highest BCUT2D eigenvalue weighted by Gasteiger charge is 2.06. The molecule has 1 N–H and O–H groups in total. The smallest absolute Gasteiger partial charge is 0.248 e. The molecule has 82 valence electrons. The van der Waals surface area contributed by atoms with Crippen LogP contribution in [0.2, 0.25) is 0 Å². The van der Waals surface area contributed by atoms with Gasteiger partial charge in [0.1, 0.15) is 6.61 Å². The summed E-state index contributed by atoms with van der Waals surface area (Å²) >= 11 is 1.69. The number of aliphatic hydroxyl groups excluding tert-OH is 1. The molecule has 0 bridgehead atoms. The van der Waals surface area contributed by atoms with Gasteiger partial charge in [0.2, 0.25) is 5.91 Å². The van der Waals surface area contributed by atoms with Gasteiger partial charge in [-0.25, -0.2) is 0 Å². The van der Waals surface area contributed by atoms with E-state index in [0.29, 0.717) is 6.54 Å². The molecular weight excluding hydrogens is 210 g/mol. The van der Waals surface area contributed by atoms with Crippen LogP contribution < -0.4 is 0 Å². The second kappa shape index (κ2) is 5.78. The van der Waals surface area contributed by atoms with Crippen LogP contribution >= 0.6 is 11.8 Å². The minimum Gasteiger partial charge on any atom is -0.387 e. The molecule has 1 amide bonds. The number of carbonyl (C=O) groups is 1. The largest absolute Gasteiger partial charge is 0.387 e. The molecule has 0 unspecified atom stereocenters. The fourth-order valence-corrected chi connectivity index (χ4v) is 1.62. The third-order valence-electron chi connectivity index (χ3n) is 2.14. The average Bonchev–Trinajstić information content (AvgIpc) is 2.29. The zero-order valence-electron chi connectivity index (χ0n) is 8.93. The first-order valence-electron chi connectivity index (χ1n) is 4.65. The number of benzene rings is 1. The van der Waals surface area contributed by atoms with Gasteiger partial charge in [0, 0.05) is 18.5 Å². The Bertz CT molecular complexity index is 324. The molecule has 0 fully saturated rings. The topological polar surface area (TPSA) is 40.5 Å². The van der Waals surface area contributed by atoms with Crippen molar-refractivity contribution in [2.24, 2.45) is 0 Å². The number of likely N-dealkylation sites (N-methyl/N-ethyl adjacent to an activating group) is 1. The van der Waals surface area contributed by atoms with Crippen molar-refractivity contribution in [3.05, 3.63) is 29.8 Å². The zero-order chi connectivity index (χ0) is 11.3. The minimum absolute atomic E-state index is 0.260. The van der Waals surface area contributed by atoms with Gasteiger partial charge in [-0.05, 0) is 24.0 Å². The third-order valence-corrected chi connectivity index (χ3v) is 2.88. The normalized spacial score (nSPS) is 10.1. The number of carbonyl (C=O) groups excluding carboxylic acids is 1. The number of amides is 1. The Balaban J connectivity index is 2.60. The van der Waals surface area contributed by atoms with Crippen molar-refractivity contribution in [1.29, 1.82) is 0 Å². The molecule has 0 saturated heterocycles. The third kappa shape index (κ3) is 3.57. The molecule has 0 radical (unpaired) electrons. The quantitative estimate of drug-likeness (QED) is 0.787. The first kappa shape index (κ1) is 12.1. The highest BCUT2D eigenvalue weighted by molar-refractivity contribution is 7.98. The molecule has 0 heterocycles. The summed E-state index contributed by atoms with van der Waals surface area (Å²) in [5.41, 5.74) is 1.07. The van der Waals surface area contributed by atoms with Crippen LogP contribution in [0.25, 0.3) is 0 Å². The monoisotopic (exact) mass is 225 g/mol. The number of aliphatic hydroxyl groups is 1. The fourth-order valence-electron chi connectivity index (χ4n) is 1.21. The van der Waals surface area contributed by atoms with Gasteiger partial charge in [-0.3, -0.25) is 4.79 Å². The van der Waals surface area contributed by atoms with Crippen LogP contribution in [-0.2, 0) is 11.3 Å². The summed E-state index contributed by atoms with van der Waals surface area (Å²) in [7, 11) is 1.68. The van der Waals surface area contributed by atoms with Gasteiger partial charge in [0.25, 0.3) is 0 Å². The first-order valence-corrected chi connectivity index (χ1v) is 5.87. The average molecular weight is 225 g/mol. The van der Waals surface area contributed by atoms with Crippen LogP contribution in [0.3, 0.4) is 0 Å². The summed E-state index contributed by atoms with van der Waals surface area (Å²) in [6, 6.07) is 8.04. The lowest BCUT2D eigenvalue weighted by Crippen LogP contribution is -2.28. The molecule has 1 aromatic carbocycles. The number of hydrogen-bond donors (Lipinski definition) is 1. The molecule has 1 rings (SSSR count). The van der Waals surface area contributed by atoms with Crippen molar-refractivity contribution in [1.82, 2.24) is 4.90 Å². The Morgan fingerprint density at radius 1 is 1.40 bits per heavy atom. The molecule has 3 nitrogen and oxygen atoms in total. The second-order valence-corrected chi connectivity index (χ2v) is 4.14. The van der Waals surface area contributed by atoms with E-state index in [1.165, 1.54) is 9.80 Å². The van der Waals surface area contributed by atoms with E-state index >= 15 is 0 Å². The lowest BCUT2D eigenvalue weighted by atomic mass is 10.2. The van der Waals surface area contributed by atoms with Crippen LogP contribution in [-0.4, -0.2) is 35.8 Å². The lowest BCUT2D eigenvalue weighted by molar-refractivity contribution is -0.133. The van der Waals surface area contributed by atoms with Gasteiger partial charge in [0.15, 0.2) is 0 Å². The van der Waals surface area contributed by atoms with Crippen molar-refractivity contribution in [3.63, 3.8) is 0 Å². The van der Waals surface area contributed by atoms with E-state index in [0.717, 1.165) is 5.56 Å². The highest BCUT2D eigenvalue weighted by atomic mass is 32.2. The standard InChI is InChI=1S/C11H15NO2S/c1-12(11(14)8-13)7-9-3-5-10(15-2)6-4-9/h3-6,13H,7-8H2,1-2H3. The summed E-state index contributed by atoms with van der Waals surface area (Å²) in [4.78, 5) is 13.8. The van der Waals surface area contributed by atoms with Crippen molar-refractivity contribution < 1.29 is 9.90 Å². The number of rotatable bonds is 4. The highest BCUT2D eigenvalue weighted by Crippen LogP contribution is 2.15. The fraction of sp³-hybridized carbons (Fsp3) is 0.364. The van der Waals surface area contributed by atoms with Crippen LogP contribution in [0.5, 0.6) is 0 Å². The predicted molar refractivity (Wildman–Crippen MR) is 61.8 cm³/mol. The van der Waals surface area contributed by atoms with E-state index in [1.807, 2.05) is 30.5 Å². The summed E-state index contributed by atoms with van der Waals surface area (Å²) in [5.74, 6) is -0.260. The van der Waals surface area contributed by atoms with Crippen LogP contribution in [0.15, 0.2) is 29.2 Å². The molecule has 15 heavy (non-hydrogen) atoms. The first-order chi connectivity index (χ1) is 7.17. The molecule has 0 saturated carbocycles. The van der Waals surface area contributed by atoms with E-state index in [2.05, 4.69) is 0 Å². The molecule has 0 atom stereocenters. The van der Waals surface area contributed by atoms with E-state index < -0.39 is 6.61 Å². The molecule has 0 aromatic heterocycles. The van der Waals surface area contributed by atoms with Crippen LogP contribution in [0.1, 0.15) is 5.56 Å². The maximum atomic E-state index is 11.1. The van der Waals surface area contributed by atoms with Crippen LogP contribution in [0.4, 0.5) is 0 Å². The maximum absolute atomic E-state index is 11.1.